The van der Waals surface area contributed by atoms with Crippen molar-refractivity contribution in [3.8, 4) is 5.88 Å². The van der Waals surface area contributed by atoms with Crippen molar-refractivity contribution in [2.75, 3.05) is 7.11 Å². The first kappa shape index (κ1) is 20.6. The summed E-state index contributed by atoms with van der Waals surface area (Å²) >= 11 is 6.22. The summed E-state index contributed by atoms with van der Waals surface area (Å²) in [4.78, 5) is 32.9. The maximum absolute atomic E-state index is 13.1. The average Bonchev–Trinajstić information content (AvgIpc) is 2.79. The summed E-state index contributed by atoms with van der Waals surface area (Å²) in [6.45, 7) is 0. The summed E-state index contributed by atoms with van der Waals surface area (Å²) in [7, 11) is 1.54. The molecule has 0 radical (unpaired) electrons. The fourth-order valence-electron chi connectivity index (χ4n) is 3.44. The van der Waals surface area contributed by atoms with E-state index >= 15 is 0 Å². The molecule has 0 bridgehead atoms. The van der Waals surface area contributed by atoms with Crippen LogP contribution in [0.1, 0.15) is 27.0 Å². The first-order valence-electron chi connectivity index (χ1n) is 9.66. The number of pyridine rings is 2. The second-order valence-corrected chi connectivity index (χ2v) is 7.43. The van der Waals surface area contributed by atoms with E-state index in [2.05, 4.69) is 9.97 Å². The second kappa shape index (κ2) is 8.98. The number of aromatic nitrogens is 2. The predicted molar refractivity (Wildman–Crippen MR) is 123 cm³/mol. The fourth-order valence-corrected chi connectivity index (χ4v) is 3.61. The van der Waals surface area contributed by atoms with E-state index in [4.69, 9.17) is 16.3 Å². The fraction of sp³-hybridized carbons (Fsp3) is 0.0800. The van der Waals surface area contributed by atoms with Gasteiger partial charge in [0.15, 0.2) is 5.78 Å². The zero-order chi connectivity index (χ0) is 21.8. The minimum absolute atomic E-state index is 0.108. The number of carbonyl (C=O) groups is 1. The Morgan fingerprint density at radius 2 is 1.94 bits per heavy atom. The van der Waals surface area contributed by atoms with Crippen LogP contribution in [0.3, 0.4) is 0 Å². The first-order valence-corrected chi connectivity index (χ1v) is 10.0. The zero-order valence-electron chi connectivity index (χ0n) is 16.8. The van der Waals surface area contributed by atoms with Gasteiger partial charge in [0, 0.05) is 28.2 Å². The monoisotopic (exact) mass is 430 g/mol. The van der Waals surface area contributed by atoms with Gasteiger partial charge in [-0.2, -0.15) is 0 Å². The molecule has 0 aliphatic carbocycles. The van der Waals surface area contributed by atoms with Crippen LogP contribution in [0.15, 0.2) is 77.7 Å². The minimum atomic E-state index is -0.428. The number of carbonyl (C=O) groups excluding carboxylic acids is 1. The molecule has 2 aromatic heterocycles. The van der Waals surface area contributed by atoms with Crippen LogP contribution in [-0.2, 0) is 6.42 Å². The van der Waals surface area contributed by atoms with Gasteiger partial charge in [0.1, 0.15) is 0 Å². The topological polar surface area (TPSA) is 72.1 Å². The SMILES string of the molecule is COc1ccc(/C=C/C(=O)c2c(Cc3ccccc3)c3cc(Cl)ccc3[nH]c2=O)cn1. The first-order chi connectivity index (χ1) is 15.0. The van der Waals surface area contributed by atoms with Gasteiger partial charge in [-0.1, -0.05) is 41.9 Å². The molecule has 4 rings (SSSR count). The third kappa shape index (κ3) is 4.57. The van der Waals surface area contributed by atoms with Crippen molar-refractivity contribution in [2.24, 2.45) is 0 Å². The normalized spacial score (nSPS) is 11.2. The van der Waals surface area contributed by atoms with Crippen LogP contribution in [0.2, 0.25) is 5.02 Å². The van der Waals surface area contributed by atoms with E-state index in [9.17, 15) is 9.59 Å². The Kier molecular flexibility index (Phi) is 5.96. The number of ketones is 1. The Labute approximate surface area is 184 Å². The van der Waals surface area contributed by atoms with Gasteiger partial charge in [-0.15, -0.1) is 0 Å². The number of fused-ring (bicyclic) bond motifs is 1. The van der Waals surface area contributed by atoms with Crippen LogP contribution < -0.4 is 10.3 Å². The third-order valence-electron chi connectivity index (χ3n) is 4.95. The summed E-state index contributed by atoms with van der Waals surface area (Å²) in [6, 6.07) is 18.4. The summed E-state index contributed by atoms with van der Waals surface area (Å²) < 4.78 is 5.04. The molecular formula is C25H19ClN2O3. The molecule has 2 aromatic carbocycles. The van der Waals surface area contributed by atoms with Crippen molar-refractivity contribution in [2.45, 2.75) is 6.42 Å². The maximum atomic E-state index is 13.1. The number of hydrogen-bond acceptors (Lipinski definition) is 4. The average molecular weight is 431 g/mol. The van der Waals surface area contributed by atoms with Crippen LogP contribution in [-0.4, -0.2) is 22.9 Å². The van der Waals surface area contributed by atoms with Crippen molar-refractivity contribution in [1.29, 1.82) is 0 Å². The lowest BCUT2D eigenvalue weighted by Crippen LogP contribution is -2.20. The summed E-state index contributed by atoms with van der Waals surface area (Å²) in [5.74, 6) is 0.0985. The van der Waals surface area contributed by atoms with Gasteiger partial charge in [0.25, 0.3) is 5.56 Å². The summed E-state index contributed by atoms with van der Waals surface area (Å²) in [5, 5.41) is 1.28. The molecule has 0 saturated heterocycles. The predicted octanol–water partition coefficient (Wildman–Crippen LogP) is 5.07. The molecule has 0 saturated carbocycles. The molecule has 31 heavy (non-hydrogen) atoms. The van der Waals surface area contributed by atoms with E-state index in [1.807, 2.05) is 30.3 Å². The highest BCUT2D eigenvalue weighted by Crippen LogP contribution is 2.25. The molecule has 5 nitrogen and oxygen atoms in total. The molecular weight excluding hydrogens is 412 g/mol. The number of methoxy groups -OCH3 is 1. The number of hydrogen-bond donors (Lipinski definition) is 1. The quantitative estimate of drug-likeness (QED) is 0.342. The third-order valence-corrected chi connectivity index (χ3v) is 5.18. The lowest BCUT2D eigenvalue weighted by Gasteiger charge is -2.12. The zero-order valence-corrected chi connectivity index (χ0v) is 17.5. The molecule has 6 heteroatoms. The van der Waals surface area contributed by atoms with Gasteiger partial charge in [-0.3, -0.25) is 9.59 Å². The number of halogens is 1. The molecule has 0 spiro atoms. The maximum Gasteiger partial charge on any atom is 0.259 e. The van der Waals surface area contributed by atoms with Gasteiger partial charge < -0.3 is 9.72 Å². The van der Waals surface area contributed by atoms with Crippen molar-refractivity contribution in [1.82, 2.24) is 9.97 Å². The van der Waals surface area contributed by atoms with Crippen LogP contribution in [0, 0.1) is 0 Å². The summed E-state index contributed by atoms with van der Waals surface area (Å²) in [5.41, 5.74) is 2.68. The van der Waals surface area contributed by atoms with Crippen LogP contribution in [0.25, 0.3) is 17.0 Å². The molecule has 0 aliphatic heterocycles. The van der Waals surface area contributed by atoms with Gasteiger partial charge in [0.05, 0.1) is 12.7 Å². The van der Waals surface area contributed by atoms with Crippen LogP contribution in [0.5, 0.6) is 5.88 Å². The Morgan fingerprint density at radius 1 is 1.13 bits per heavy atom. The number of nitrogens with zero attached hydrogens (tertiary/aromatic N) is 1. The molecule has 1 N–H and O–H groups in total. The van der Waals surface area contributed by atoms with E-state index in [0.717, 1.165) is 16.5 Å². The second-order valence-electron chi connectivity index (χ2n) is 6.99. The number of H-pyrrole nitrogens is 1. The molecule has 0 amide bonds. The van der Waals surface area contributed by atoms with E-state index in [1.54, 1.807) is 42.6 Å². The highest BCUT2D eigenvalue weighted by atomic mass is 35.5. The molecule has 0 atom stereocenters. The Balaban J connectivity index is 1.80. The number of rotatable bonds is 6. The summed E-state index contributed by atoms with van der Waals surface area (Å²) in [6.07, 6.45) is 5.04. The number of allylic oxidation sites excluding steroid dienone is 1. The Bertz CT molecular complexity index is 1330. The molecule has 0 fully saturated rings. The van der Waals surface area contributed by atoms with Crippen LogP contribution in [0.4, 0.5) is 0 Å². The van der Waals surface area contributed by atoms with Crippen molar-refractivity contribution in [3.63, 3.8) is 0 Å². The van der Waals surface area contributed by atoms with Gasteiger partial charge in [-0.05, 0) is 59.5 Å². The number of ether oxygens (including phenoxy) is 1. The highest BCUT2D eigenvalue weighted by molar-refractivity contribution is 6.31. The lowest BCUT2D eigenvalue weighted by molar-refractivity contribution is 0.104. The number of benzene rings is 2. The van der Waals surface area contributed by atoms with Crippen LogP contribution >= 0.6 is 11.6 Å². The Hall–Kier alpha value is -3.70. The van der Waals surface area contributed by atoms with Crippen molar-refractivity contribution < 1.29 is 9.53 Å². The largest absolute Gasteiger partial charge is 0.481 e. The molecule has 154 valence electrons. The molecule has 0 aliphatic rings. The van der Waals surface area contributed by atoms with Gasteiger partial charge in [-0.25, -0.2) is 4.98 Å². The molecule has 4 aromatic rings. The van der Waals surface area contributed by atoms with Gasteiger partial charge >= 0.3 is 0 Å². The van der Waals surface area contributed by atoms with Gasteiger partial charge in [0.2, 0.25) is 5.88 Å². The van der Waals surface area contributed by atoms with Crippen molar-refractivity contribution >= 4 is 34.4 Å². The van der Waals surface area contributed by atoms with E-state index in [-0.39, 0.29) is 11.3 Å². The van der Waals surface area contributed by atoms with E-state index in [1.165, 1.54) is 13.2 Å². The smallest absolute Gasteiger partial charge is 0.259 e. The van der Waals surface area contributed by atoms with E-state index in [0.29, 0.717) is 28.4 Å². The molecule has 2 heterocycles. The number of nitrogens with one attached hydrogen (secondary N) is 1. The highest BCUT2D eigenvalue weighted by Gasteiger charge is 2.18. The van der Waals surface area contributed by atoms with E-state index < -0.39 is 5.56 Å². The lowest BCUT2D eigenvalue weighted by atomic mass is 9.94. The standard InChI is InChI=1S/C25H19ClN2O3/c1-31-23-12-8-17(15-27-23)7-11-22(29)24-20(13-16-5-3-2-4-6-16)19-14-18(26)9-10-21(19)28-25(24)30/h2-12,14-15H,13H2,1H3,(H,28,30)/b11-7+. The molecule has 0 unspecified atom stereocenters. The van der Waals surface area contributed by atoms with Crippen molar-refractivity contribution in [3.05, 3.63) is 111 Å². The number of aromatic amines is 1. The minimum Gasteiger partial charge on any atom is -0.481 e. The Morgan fingerprint density at radius 3 is 2.65 bits per heavy atom.